The summed E-state index contributed by atoms with van der Waals surface area (Å²) in [6.07, 6.45) is 2.81. The Labute approximate surface area is 158 Å². The fourth-order valence-corrected chi connectivity index (χ4v) is 4.08. The lowest BCUT2D eigenvalue weighted by Gasteiger charge is -2.40. The molecule has 0 spiro atoms. The molecule has 2 unspecified atom stereocenters. The number of nitrogens with zero attached hydrogens (tertiary/aromatic N) is 4. The zero-order chi connectivity index (χ0) is 19.2. The van der Waals surface area contributed by atoms with Gasteiger partial charge >= 0.3 is 6.18 Å². The molecule has 3 heterocycles. The molecule has 1 saturated heterocycles. The summed E-state index contributed by atoms with van der Waals surface area (Å²) in [5, 5.41) is 6.08. The van der Waals surface area contributed by atoms with Crippen molar-refractivity contribution >= 4 is 23.6 Å². The number of alkyl halides is 3. The maximum Gasteiger partial charge on any atom is 0.418 e. The summed E-state index contributed by atoms with van der Waals surface area (Å²) < 4.78 is 40.4. The number of aliphatic imine (C=N–C) groups is 1. The lowest BCUT2D eigenvalue weighted by Crippen LogP contribution is -2.51. The van der Waals surface area contributed by atoms with Crippen molar-refractivity contribution in [3.63, 3.8) is 0 Å². The molecule has 1 fully saturated rings. The number of aromatic nitrogens is 2. The van der Waals surface area contributed by atoms with E-state index in [1.807, 2.05) is 4.90 Å². The lowest BCUT2D eigenvalue weighted by molar-refractivity contribution is -0.0904. The highest BCUT2D eigenvalue weighted by molar-refractivity contribution is 6.33. The molecule has 10 heteroatoms. The van der Waals surface area contributed by atoms with Crippen LogP contribution in [-0.4, -0.2) is 52.8 Å². The normalized spacial score (nSPS) is 25.3. The molecule has 1 aromatic rings. The second-order valence-corrected chi connectivity index (χ2v) is 7.12. The van der Waals surface area contributed by atoms with Gasteiger partial charge in [-0.2, -0.15) is 18.3 Å². The number of H-pyrrole nitrogens is 1. The average molecular weight is 400 g/mol. The summed E-state index contributed by atoms with van der Waals surface area (Å²) >= 11 is 6.10. The van der Waals surface area contributed by atoms with Gasteiger partial charge in [0.25, 0.3) is 5.56 Å². The van der Waals surface area contributed by atoms with Gasteiger partial charge in [0.1, 0.15) is 5.02 Å². The van der Waals surface area contributed by atoms with Crippen LogP contribution >= 0.6 is 11.6 Å². The summed E-state index contributed by atoms with van der Waals surface area (Å²) in [5.41, 5.74) is -0.373. The summed E-state index contributed by atoms with van der Waals surface area (Å²) in [6.45, 7) is 1.01. The van der Waals surface area contributed by atoms with Crippen LogP contribution in [0, 0.1) is 0 Å². The van der Waals surface area contributed by atoms with Gasteiger partial charge in [0.15, 0.2) is 0 Å². The molecule has 27 heavy (non-hydrogen) atoms. The van der Waals surface area contributed by atoms with E-state index in [0.29, 0.717) is 38.0 Å². The van der Waals surface area contributed by atoms with Crippen molar-refractivity contribution in [2.24, 2.45) is 4.99 Å². The molecule has 2 aliphatic heterocycles. The topological polar surface area (TPSA) is 64.6 Å². The van der Waals surface area contributed by atoms with Crippen molar-refractivity contribution in [1.82, 2.24) is 15.1 Å². The van der Waals surface area contributed by atoms with Gasteiger partial charge in [0.2, 0.25) is 0 Å². The number of piperidine rings is 1. The first-order valence-corrected chi connectivity index (χ1v) is 9.00. The zero-order valence-corrected chi connectivity index (χ0v) is 15.0. The number of fused-ring (bicyclic) bond motifs is 1. The van der Waals surface area contributed by atoms with Crippen molar-refractivity contribution in [2.75, 3.05) is 18.0 Å². The third-order valence-electron chi connectivity index (χ3n) is 5.16. The highest BCUT2D eigenvalue weighted by Gasteiger charge is 2.42. The molecule has 1 N–H and O–H groups in total. The third-order valence-corrected chi connectivity index (χ3v) is 5.53. The van der Waals surface area contributed by atoms with Crippen LogP contribution < -0.4 is 10.5 Å². The Morgan fingerprint density at radius 2 is 2.15 bits per heavy atom. The van der Waals surface area contributed by atoms with E-state index in [9.17, 15) is 18.0 Å². The second kappa shape index (κ2) is 6.70. The van der Waals surface area contributed by atoms with Crippen LogP contribution in [0.25, 0.3) is 0 Å². The first-order valence-electron chi connectivity index (χ1n) is 8.63. The Bertz CT molecular complexity index is 891. The van der Waals surface area contributed by atoms with Crippen LogP contribution in [0.2, 0.25) is 5.02 Å². The van der Waals surface area contributed by atoms with E-state index < -0.39 is 17.3 Å². The Hall–Kier alpha value is -2.29. The predicted molar refractivity (Wildman–Crippen MR) is 96.1 cm³/mol. The van der Waals surface area contributed by atoms with Gasteiger partial charge in [-0.3, -0.25) is 9.79 Å². The van der Waals surface area contributed by atoms with Crippen molar-refractivity contribution < 1.29 is 13.2 Å². The number of anilines is 1. The summed E-state index contributed by atoms with van der Waals surface area (Å²) in [4.78, 5) is 19.7. The Kier molecular flexibility index (Phi) is 4.49. The largest absolute Gasteiger partial charge is 0.418 e. The van der Waals surface area contributed by atoms with E-state index in [2.05, 4.69) is 15.2 Å². The first kappa shape index (κ1) is 18.1. The predicted octanol–water partition coefficient (Wildman–Crippen LogP) is 2.88. The number of allylic oxidation sites excluding steroid dienone is 4. The van der Waals surface area contributed by atoms with Crippen LogP contribution in [0.15, 0.2) is 39.4 Å². The molecule has 3 aliphatic rings. The Morgan fingerprint density at radius 1 is 1.33 bits per heavy atom. The van der Waals surface area contributed by atoms with Crippen LogP contribution in [0.4, 0.5) is 18.9 Å². The molecule has 0 radical (unpaired) electrons. The smallest absolute Gasteiger partial charge is 0.367 e. The molecule has 1 aromatic heterocycles. The molecule has 0 amide bonds. The average Bonchev–Trinajstić information content (AvgIpc) is 3.06. The van der Waals surface area contributed by atoms with Crippen LogP contribution in [-0.2, 0) is 0 Å². The van der Waals surface area contributed by atoms with Crippen molar-refractivity contribution in [1.29, 1.82) is 0 Å². The second-order valence-electron chi connectivity index (χ2n) is 6.74. The molecule has 0 aromatic carbocycles. The molecule has 144 valence electrons. The Balaban J connectivity index is 1.65. The van der Waals surface area contributed by atoms with Crippen molar-refractivity contribution in [3.05, 3.63) is 45.0 Å². The number of hydrogen-bond donors (Lipinski definition) is 1. The quantitative estimate of drug-likeness (QED) is 0.830. The number of nitrogens with one attached hydrogen (secondary N) is 1. The maximum absolute atomic E-state index is 13.5. The van der Waals surface area contributed by atoms with E-state index in [1.165, 1.54) is 12.5 Å². The first-order chi connectivity index (χ1) is 12.9. The molecule has 0 saturated carbocycles. The van der Waals surface area contributed by atoms with Crippen LogP contribution in [0.1, 0.15) is 19.3 Å². The minimum Gasteiger partial charge on any atom is -0.367 e. The summed E-state index contributed by atoms with van der Waals surface area (Å²) in [6, 6.07) is -0.323. The minimum atomic E-state index is -4.41. The number of aromatic amines is 1. The fourth-order valence-electron chi connectivity index (χ4n) is 3.87. The van der Waals surface area contributed by atoms with Crippen LogP contribution in [0.3, 0.4) is 0 Å². The molecule has 2 atom stereocenters. The fraction of sp³-hybridized carbons (Fsp3) is 0.471. The van der Waals surface area contributed by atoms with Gasteiger partial charge in [-0.1, -0.05) is 23.8 Å². The van der Waals surface area contributed by atoms with E-state index in [-0.39, 0.29) is 22.8 Å². The third kappa shape index (κ3) is 3.24. The van der Waals surface area contributed by atoms with Gasteiger partial charge < -0.3 is 9.80 Å². The van der Waals surface area contributed by atoms with Crippen molar-refractivity contribution in [3.8, 4) is 0 Å². The van der Waals surface area contributed by atoms with E-state index in [0.717, 1.165) is 6.08 Å². The van der Waals surface area contributed by atoms with Gasteiger partial charge in [0.05, 0.1) is 35.9 Å². The highest BCUT2D eigenvalue weighted by atomic mass is 35.5. The highest BCUT2D eigenvalue weighted by Crippen LogP contribution is 2.38. The molecule has 4 rings (SSSR count). The summed E-state index contributed by atoms with van der Waals surface area (Å²) in [5.74, 6) is 0. The zero-order valence-electron chi connectivity index (χ0n) is 14.2. The van der Waals surface area contributed by atoms with Gasteiger partial charge in [-0.15, -0.1) is 0 Å². The monoisotopic (exact) mass is 399 g/mol. The van der Waals surface area contributed by atoms with Gasteiger partial charge in [0, 0.05) is 18.8 Å². The standard InChI is InChI=1S/C17H17ClF3N5O/c18-15-13(7-23-24-16(15)27)25-6-5-11-14(8-25)26(9-22-11)12-4-2-1-3-10(12)17(19,20)21/h1,3,7,9,11,14H,2,4-6,8H2,(H,24,27). The number of hydrogen-bond acceptors (Lipinski definition) is 5. The molecule has 1 aliphatic carbocycles. The maximum atomic E-state index is 13.5. The van der Waals surface area contributed by atoms with E-state index >= 15 is 0 Å². The Morgan fingerprint density at radius 3 is 2.93 bits per heavy atom. The minimum absolute atomic E-state index is 0.0321. The number of halogens is 4. The van der Waals surface area contributed by atoms with Crippen molar-refractivity contribution in [2.45, 2.75) is 37.5 Å². The SMILES string of the molecule is O=c1[nH]ncc(N2CCC3N=CN(C4=C(C(F)(F)F)C=CCC4)C3C2)c1Cl. The number of rotatable bonds is 2. The van der Waals surface area contributed by atoms with E-state index in [1.54, 1.807) is 11.0 Å². The lowest BCUT2D eigenvalue weighted by atomic mass is 9.96. The molecule has 0 bridgehead atoms. The molecular formula is C17H17ClF3N5O. The summed E-state index contributed by atoms with van der Waals surface area (Å²) in [7, 11) is 0. The van der Waals surface area contributed by atoms with Gasteiger partial charge in [-0.05, 0) is 19.3 Å². The van der Waals surface area contributed by atoms with Crippen LogP contribution in [0.5, 0.6) is 0 Å². The molecular weight excluding hydrogens is 383 g/mol. The van der Waals surface area contributed by atoms with E-state index in [4.69, 9.17) is 11.6 Å². The van der Waals surface area contributed by atoms with Gasteiger partial charge in [-0.25, -0.2) is 5.10 Å². The molecule has 6 nitrogen and oxygen atoms in total.